The van der Waals surface area contributed by atoms with E-state index < -0.39 is 0 Å². The van der Waals surface area contributed by atoms with E-state index in [0.29, 0.717) is 18.8 Å². The molecule has 0 aliphatic heterocycles. The molecular weight excluding hydrogens is 424 g/mol. The molecule has 168 valence electrons. The lowest BCUT2D eigenvalue weighted by atomic mass is 10.2. The molecule has 0 aliphatic carbocycles. The Labute approximate surface area is 192 Å². The van der Waals surface area contributed by atoms with Crippen LogP contribution in [0.25, 0.3) is 10.6 Å². The van der Waals surface area contributed by atoms with E-state index >= 15 is 0 Å². The number of para-hydroxylation sites is 1. The second-order valence-electron chi connectivity index (χ2n) is 7.48. The Morgan fingerprint density at radius 2 is 1.84 bits per heavy atom. The number of amides is 3. The van der Waals surface area contributed by atoms with Gasteiger partial charge in [0.15, 0.2) is 0 Å². The van der Waals surface area contributed by atoms with Gasteiger partial charge in [-0.15, -0.1) is 11.3 Å². The van der Waals surface area contributed by atoms with Crippen LogP contribution in [0.3, 0.4) is 0 Å². The third-order valence-corrected chi connectivity index (χ3v) is 5.36. The fourth-order valence-electron chi connectivity index (χ4n) is 3.00. The molecule has 0 spiro atoms. The molecule has 1 heterocycles. The minimum atomic E-state index is -0.243. The number of rotatable bonds is 9. The number of carbonyl (C=O) groups is 2. The van der Waals surface area contributed by atoms with E-state index in [0.717, 1.165) is 27.6 Å². The summed E-state index contributed by atoms with van der Waals surface area (Å²) in [5.41, 5.74) is 3.30. The molecule has 32 heavy (non-hydrogen) atoms. The van der Waals surface area contributed by atoms with E-state index in [1.807, 2.05) is 74.7 Å². The Kier molecular flexibility index (Phi) is 8.21. The number of benzene rings is 2. The molecule has 1 aromatic heterocycles. The van der Waals surface area contributed by atoms with Crippen molar-refractivity contribution in [3.63, 3.8) is 0 Å². The summed E-state index contributed by atoms with van der Waals surface area (Å²) in [6.07, 6.45) is 0.211. The predicted octanol–water partition coefficient (Wildman–Crippen LogP) is 4.60. The van der Waals surface area contributed by atoms with Crippen LogP contribution in [0, 0.1) is 0 Å². The second kappa shape index (κ2) is 11.3. The number of ether oxygens (including phenoxy) is 1. The number of nitrogens with one attached hydrogen (secondary N) is 3. The highest BCUT2D eigenvalue weighted by molar-refractivity contribution is 7.13. The molecule has 0 aliphatic rings. The zero-order valence-corrected chi connectivity index (χ0v) is 19.3. The highest BCUT2D eigenvalue weighted by Gasteiger charge is 2.12. The van der Waals surface area contributed by atoms with Gasteiger partial charge >= 0.3 is 6.03 Å². The topological polar surface area (TPSA) is 92.3 Å². The first kappa shape index (κ1) is 23.3. The molecule has 3 N–H and O–H groups in total. The van der Waals surface area contributed by atoms with Crippen molar-refractivity contribution in [1.29, 1.82) is 0 Å². The second-order valence-corrected chi connectivity index (χ2v) is 8.33. The third-order valence-electron chi connectivity index (χ3n) is 4.43. The largest absolute Gasteiger partial charge is 0.493 e. The molecule has 3 amide bonds. The third kappa shape index (κ3) is 6.81. The Hall–Kier alpha value is -3.39. The van der Waals surface area contributed by atoms with Crippen molar-refractivity contribution < 1.29 is 14.3 Å². The van der Waals surface area contributed by atoms with E-state index in [9.17, 15) is 9.59 Å². The lowest BCUT2D eigenvalue weighted by Gasteiger charge is -2.10. The lowest BCUT2D eigenvalue weighted by molar-refractivity contribution is -0.120. The molecule has 0 saturated heterocycles. The van der Waals surface area contributed by atoms with Gasteiger partial charge in [-0.1, -0.05) is 24.3 Å². The van der Waals surface area contributed by atoms with Crippen molar-refractivity contribution >= 4 is 29.0 Å². The molecule has 2 aromatic carbocycles. The maximum absolute atomic E-state index is 12.4. The van der Waals surface area contributed by atoms with Gasteiger partial charge in [-0.05, 0) is 50.6 Å². The number of hydrogen-bond acceptors (Lipinski definition) is 5. The maximum atomic E-state index is 12.4. The monoisotopic (exact) mass is 452 g/mol. The minimum Gasteiger partial charge on any atom is -0.493 e. The first-order valence-electron chi connectivity index (χ1n) is 10.5. The van der Waals surface area contributed by atoms with Gasteiger partial charge in [0.2, 0.25) is 5.91 Å². The van der Waals surface area contributed by atoms with Crippen LogP contribution in [0.1, 0.15) is 32.0 Å². The average molecular weight is 453 g/mol. The van der Waals surface area contributed by atoms with E-state index in [-0.39, 0.29) is 24.4 Å². The van der Waals surface area contributed by atoms with E-state index in [2.05, 4.69) is 20.9 Å². The van der Waals surface area contributed by atoms with Crippen LogP contribution in [0.4, 0.5) is 10.5 Å². The highest BCUT2D eigenvalue weighted by Crippen LogP contribution is 2.32. The summed E-state index contributed by atoms with van der Waals surface area (Å²) < 4.78 is 5.68. The first-order chi connectivity index (χ1) is 15.4. The molecule has 8 heteroatoms. The van der Waals surface area contributed by atoms with Crippen LogP contribution in [0.5, 0.6) is 5.75 Å². The van der Waals surface area contributed by atoms with Gasteiger partial charge in [0.25, 0.3) is 0 Å². The Morgan fingerprint density at radius 1 is 1.09 bits per heavy atom. The van der Waals surface area contributed by atoms with Gasteiger partial charge in [0.05, 0.1) is 24.3 Å². The number of hydrogen-bond donors (Lipinski definition) is 3. The average Bonchev–Trinajstić information content (AvgIpc) is 3.21. The number of thiazole rings is 1. The van der Waals surface area contributed by atoms with Crippen LogP contribution in [0.15, 0.2) is 53.9 Å². The van der Waals surface area contributed by atoms with Crippen LogP contribution in [-0.4, -0.2) is 29.6 Å². The summed E-state index contributed by atoms with van der Waals surface area (Å²) in [6.45, 7) is 6.73. The minimum absolute atomic E-state index is 0.0673. The highest BCUT2D eigenvalue weighted by atomic mass is 32.1. The molecule has 7 nitrogen and oxygen atoms in total. The zero-order valence-electron chi connectivity index (χ0n) is 18.5. The van der Waals surface area contributed by atoms with Crippen LogP contribution in [-0.2, 0) is 17.8 Å². The van der Waals surface area contributed by atoms with Gasteiger partial charge in [-0.3, -0.25) is 4.79 Å². The number of carbonyl (C=O) groups excluding carboxylic acids is 2. The number of aromatic nitrogens is 1. The Morgan fingerprint density at radius 3 is 2.56 bits per heavy atom. The summed E-state index contributed by atoms with van der Waals surface area (Å²) in [7, 11) is 0. The first-order valence-corrected chi connectivity index (χ1v) is 11.4. The van der Waals surface area contributed by atoms with E-state index in [4.69, 9.17) is 4.74 Å². The van der Waals surface area contributed by atoms with Crippen LogP contribution >= 0.6 is 11.3 Å². The molecular formula is C24H28N4O3S. The van der Waals surface area contributed by atoms with Gasteiger partial charge in [-0.25, -0.2) is 9.78 Å². The van der Waals surface area contributed by atoms with Crippen molar-refractivity contribution in [1.82, 2.24) is 15.6 Å². The van der Waals surface area contributed by atoms with Crippen molar-refractivity contribution in [2.45, 2.75) is 39.8 Å². The van der Waals surface area contributed by atoms with Crippen molar-refractivity contribution in [3.05, 3.63) is 65.2 Å². The molecule has 0 atom stereocenters. The molecule has 0 radical (unpaired) electrons. The van der Waals surface area contributed by atoms with Crippen molar-refractivity contribution in [3.8, 4) is 16.3 Å². The lowest BCUT2D eigenvalue weighted by Crippen LogP contribution is -2.34. The van der Waals surface area contributed by atoms with Gasteiger partial charge in [-0.2, -0.15) is 0 Å². The predicted molar refractivity (Wildman–Crippen MR) is 128 cm³/mol. The van der Waals surface area contributed by atoms with Crippen molar-refractivity contribution in [2.24, 2.45) is 0 Å². The van der Waals surface area contributed by atoms with E-state index in [1.54, 1.807) is 0 Å². The summed E-state index contributed by atoms with van der Waals surface area (Å²) in [6, 6.07) is 15.0. The molecule has 0 bridgehead atoms. The SMILES string of the molecule is CCOc1ccccc1-c1nc(CC(=O)NCc2ccc(NC(=O)NC(C)C)cc2)cs1. The number of anilines is 1. The standard InChI is InChI=1S/C24H28N4O3S/c1-4-31-21-8-6-5-7-20(21)23-27-19(15-32-23)13-22(29)25-14-17-9-11-18(12-10-17)28-24(30)26-16(2)3/h5-12,15-16H,4,13-14H2,1-3H3,(H,25,29)(H2,26,28,30). The summed E-state index contributed by atoms with van der Waals surface area (Å²) in [4.78, 5) is 28.7. The molecule has 3 aromatic rings. The number of nitrogens with zero attached hydrogens (tertiary/aromatic N) is 1. The molecule has 0 unspecified atom stereocenters. The zero-order chi connectivity index (χ0) is 22.9. The van der Waals surface area contributed by atoms with Gasteiger partial charge in [0, 0.05) is 23.7 Å². The van der Waals surface area contributed by atoms with Gasteiger partial charge in [0.1, 0.15) is 10.8 Å². The summed E-state index contributed by atoms with van der Waals surface area (Å²) in [5, 5.41) is 11.2. The van der Waals surface area contributed by atoms with Crippen LogP contribution < -0.4 is 20.7 Å². The normalized spacial score (nSPS) is 10.6. The number of urea groups is 1. The smallest absolute Gasteiger partial charge is 0.319 e. The molecule has 3 rings (SSSR count). The van der Waals surface area contributed by atoms with Crippen molar-refractivity contribution in [2.75, 3.05) is 11.9 Å². The van der Waals surface area contributed by atoms with Gasteiger partial charge < -0.3 is 20.7 Å². The summed E-state index contributed by atoms with van der Waals surface area (Å²) in [5.74, 6) is 0.693. The molecule has 0 fully saturated rings. The fourth-order valence-corrected chi connectivity index (χ4v) is 3.85. The van der Waals surface area contributed by atoms with Crippen LogP contribution in [0.2, 0.25) is 0 Å². The quantitative estimate of drug-likeness (QED) is 0.442. The fraction of sp³-hybridized carbons (Fsp3) is 0.292. The molecule has 0 saturated carbocycles. The Bertz CT molecular complexity index is 1050. The maximum Gasteiger partial charge on any atom is 0.319 e. The van der Waals surface area contributed by atoms with E-state index in [1.165, 1.54) is 11.3 Å². The Balaban J connectivity index is 1.51. The summed E-state index contributed by atoms with van der Waals surface area (Å²) >= 11 is 1.50.